The molecule has 31 heavy (non-hydrogen) atoms. The van der Waals surface area contributed by atoms with E-state index in [0.717, 1.165) is 0 Å². The number of aryl methyl sites for hydroxylation is 1. The zero-order valence-electron chi connectivity index (χ0n) is 16.9. The Kier molecular flexibility index (Phi) is 6.82. The van der Waals surface area contributed by atoms with Crippen LogP contribution in [0, 0.1) is 11.7 Å². The molecular weight excluding hydrogens is 451 g/mol. The van der Waals surface area contributed by atoms with E-state index in [2.05, 4.69) is 10.3 Å². The Labute approximate surface area is 183 Å². The largest absolute Gasteiger partial charge is 0.341 e. The molecule has 168 valence electrons. The van der Waals surface area contributed by atoms with Gasteiger partial charge in [-0.05, 0) is 24.5 Å². The van der Waals surface area contributed by atoms with Crippen LogP contribution in [-0.2, 0) is 17.1 Å². The molecule has 2 heterocycles. The Morgan fingerprint density at radius 3 is 2.74 bits per heavy atom. The van der Waals surface area contributed by atoms with Gasteiger partial charge in [-0.25, -0.2) is 22.6 Å². The highest BCUT2D eigenvalue weighted by atomic mass is 35.5. The van der Waals surface area contributed by atoms with E-state index < -0.39 is 27.3 Å². The van der Waals surface area contributed by atoms with Gasteiger partial charge < -0.3 is 14.8 Å². The summed E-state index contributed by atoms with van der Waals surface area (Å²) < 4.78 is 40.8. The lowest BCUT2D eigenvalue weighted by atomic mass is 10.1. The summed E-state index contributed by atoms with van der Waals surface area (Å²) in [5.74, 6) is -2.56. The number of carbonyl (C=O) groups excluding carboxylic acids is 2. The van der Waals surface area contributed by atoms with Gasteiger partial charge in [0.2, 0.25) is 10.0 Å². The number of nitrogens with one attached hydrogen (secondary N) is 3. The number of urea groups is 1. The Hall–Kier alpha value is -2.70. The number of halogens is 2. The van der Waals surface area contributed by atoms with E-state index in [1.54, 1.807) is 17.8 Å². The number of hydrazine groups is 1. The predicted octanol–water partition coefficient (Wildman–Crippen LogP) is 1.11. The summed E-state index contributed by atoms with van der Waals surface area (Å²) in [4.78, 5) is 31.7. The molecule has 1 atom stereocenters. The third kappa shape index (κ3) is 5.51. The maximum absolute atomic E-state index is 14.4. The quantitative estimate of drug-likeness (QED) is 0.543. The number of hydrogen-bond donors (Lipinski definition) is 3. The normalized spacial score (nSPS) is 16.4. The number of imidazole rings is 1. The molecule has 0 saturated carbocycles. The molecule has 1 aromatic heterocycles. The van der Waals surface area contributed by atoms with E-state index in [4.69, 9.17) is 11.6 Å². The van der Waals surface area contributed by atoms with Crippen molar-refractivity contribution < 1.29 is 22.4 Å². The van der Waals surface area contributed by atoms with Crippen molar-refractivity contribution in [2.24, 2.45) is 13.0 Å². The van der Waals surface area contributed by atoms with Gasteiger partial charge in [0.15, 0.2) is 5.82 Å². The van der Waals surface area contributed by atoms with Crippen molar-refractivity contribution in [3.8, 4) is 11.3 Å². The average molecular weight is 473 g/mol. The van der Waals surface area contributed by atoms with Crippen LogP contribution in [0.2, 0.25) is 5.02 Å². The Morgan fingerprint density at radius 2 is 2.10 bits per heavy atom. The molecule has 3 rings (SSSR count). The van der Waals surface area contributed by atoms with Gasteiger partial charge in [-0.3, -0.25) is 10.2 Å². The van der Waals surface area contributed by atoms with Crippen LogP contribution >= 0.6 is 11.6 Å². The first kappa shape index (κ1) is 23.0. The van der Waals surface area contributed by atoms with E-state index in [1.165, 1.54) is 30.4 Å². The molecule has 13 heteroatoms. The van der Waals surface area contributed by atoms with Crippen LogP contribution in [0.15, 0.2) is 24.7 Å². The van der Waals surface area contributed by atoms with Crippen molar-refractivity contribution in [1.82, 2.24) is 30.0 Å². The molecule has 0 unspecified atom stereocenters. The first-order chi connectivity index (χ1) is 14.6. The zero-order chi connectivity index (χ0) is 22.8. The van der Waals surface area contributed by atoms with Crippen molar-refractivity contribution in [3.05, 3.63) is 41.1 Å². The zero-order valence-corrected chi connectivity index (χ0v) is 18.4. The molecule has 10 nitrogen and oxygen atoms in total. The third-order valence-corrected chi connectivity index (χ3v) is 6.43. The smallest absolute Gasteiger partial charge is 0.317 e. The lowest BCUT2D eigenvalue weighted by Crippen LogP contribution is -2.44. The Morgan fingerprint density at radius 1 is 1.35 bits per heavy atom. The summed E-state index contributed by atoms with van der Waals surface area (Å²) in [6.45, 7) is 0.723. The molecule has 2 aromatic rings. The molecule has 1 aliphatic rings. The molecule has 1 aromatic carbocycles. The summed E-state index contributed by atoms with van der Waals surface area (Å²) in [6.07, 6.45) is 3.71. The minimum Gasteiger partial charge on any atom is -0.341 e. The Balaban J connectivity index is 1.66. The summed E-state index contributed by atoms with van der Waals surface area (Å²) >= 11 is 5.91. The molecule has 1 aliphatic heterocycles. The fraction of sp³-hybridized carbons (Fsp3) is 0.389. The number of aromatic nitrogens is 2. The molecule has 3 N–H and O–H groups in total. The van der Waals surface area contributed by atoms with E-state index in [-0.39, 0.29) is 29.3 Å². The summed E-state index contributed by atoms with van der Waals surface area (Å²) in [5.41, 5.74) is 2.46. The lowest BCUT2D eigenvalue weighted by Gasteiger charge is -2.16. The van der Waals surface area contributed by atoms with Crippen LogP contribution in [0.3, 0.4) is 0 Å². The van der Waals surface area contributed by atoms with Crippen LogP contribution < -0.4 is 15.6 Å². The van der Waals surface area contributed by atoms with Gasteiger partial charge >= 0.3 is 6.03 Å². The molecule has 0 aliphatic carbocycles. The maximum Gasteiger partial charge on any atom is 0.317 e. The van der Waals surface area contributed by atoms with Crippen molar-refractivity contribution in [1.29, 1.82) is 0 Å². The number of nitrogens with zero attached hydrogens (tertiary/aromatic N) is 3. The number of benzene rings is 1. The number of sulfonamides is 1. The topological polar surface area (TPSA) is 125 Å². The number of hydrogen-bond acceptors (Lipinski definition) is 5. The SMILES string of the molecule is CNC(=O)N1CC[C@@H](CS(=O)(=O)NNC(=O)c2cc(-c3cn(C)cn3)cc(Cl)c2F)C1. The van der Waals surface area contributed by atoms with Gasteiger partial charge in [-0.1, -0.05) is 11.6 Å². The van der Waals surface area contributed by atoms with Crippen LogP contribution in [0.5, 0.6) is 0 Å². The predicted molar refractivity (Wildman–Crippen MR) is 112 cm³/mol. The van der Waals surface area contributed by atoms with Gasteiger partial charge in [0, 0.05) is 38.9 Å². The molecule has 1 saturated heterocycles. The van der Waals surface area contributed by atoms with Crippen molar-refractivity contribution in [2.75, 3.05) is 25.9 Å². The lowest BCUT2D eigenvalue weighted by molar-refractivity contribution is 0.0941. The highest BCUT2D eigenvalue weighted by Gasteiger charge is 2.30. The summed E-state index contributed by atoms with van der Waals surface area (Å²) in [6, 6.07) is 2.30. The second kappa shape index (κ2) is 9.20. The van der Waals surface area contributed by atoms with Gasteiger partial charge in [0.25, 0.3) is 5.91 Å². The standard InChI is InChI=1S/C18H22ClFN6O4S/c1-21-18(28)26-4-3-11(7-26)9-31(29,30)24-23-17(27)13-5-12(6-14(19)16(13)20)15-8-25(2)10-22-15/h5-6,8,10-11,24H,3-4,7,9H2,1-2H3,(H,21,28)(H,23,27)/t11-/m1/s1. The number of amides is 3. The van der Waals surface area contributed by atoms with Crippen molar-refractivity contribution in [2.45, 2.75) is 6.42 Å². The first-order valence-corrected chi connectivity index (χ1v) is 11.4. The van der Waals surface area contributed by atoms with Crippen LogP contribution in [0.25, 0.3) is 11.3 Å². The average Bonchev–Trinajstić information content (AvgIpc) is 3.36. The van der Waals surface area contributed by atoms with Crippen LogP contribution in [-0.4, -0.2) is 60.7 Å². The maximum atomic E-state index is 14.4. The van der Waals surface area contributed by atoms with Crippen LogP contribution in [0.4, 0.5) is 9.18 Å². The van der Waals surface area contributed by atoms with E-state index >= 15 is 0 Å². The monoisotopic (exact) mass is 472 g/mol. The molecule has 0 radical (unpaired) electrons. The van der Waals surface area contributed by atoms with E-state index in [0.29, 0.717) is 24.2 Å². The van der Waals surface area contributed by atoms with Crippen molar-refractivity contribution in [3.63, 3.8) is 0 Å². The number of carbonyl (C=O) groups is 2. The minimum atomic E-state index is -3.92. The highest BCUT2D eigenvalue weighted by Crippen LogP contribution is 2.27. The summed E-state index contributed by atoms with van der Waals surface area (Å²) in [7, 11) is -0.667. The molecule has 0 bridgehead atoms. The summed E-state index contributed by atoms with van der Waals surface area (Å²) in [5, 5.41) is 2.19. The van der Waals surface area contributed by atoms with E-state index in [9.17, 15) is 22.4 Å². The first-order valence-electron chi connectivity index (χ1n) is 9.33. The van der Waals surface area contributed by atoms with Gasteiger partial charge in [0.05, 0.1) is 28.4 Å². The van der Waals surface area contributed by atoms with Gasteiger partial charge in [0.1, 0.15) is 0 Å². The Bertz CT molecular complexity index is 1110. The van der Waals surface area contributed by atoms with E-state index in [1.807, 2.05) is 10.3 Å². The molecule has 3 amide bonds. The van der Waals surface area contributed by atoms with Gasteiger partial charge in [-0.15, -0.1) is 4.83 Å². The van der Waals surface area contributed by atoms with Gasteiger partial charge in [-0.2, -0.15) is 0 Å². The fourth-order valence-corrected chi connectivity index (χ4v) is 4.76. The second-order valence-corrected chi connectivity index (χ2v) is 9.41. The van der Waals surface area contributed by atoms with Crippen molar-refractivity contribution >= 4 is 33.6 Å². The molecular formula is C18H22ClFN6O4S. The third-order valence-electron chi connectivity index (χ3n) is 4.84. The molecule has 0 spiro atoms. The minimum absolute atomic E-state index is 0.277. The fourth-order valence-electron chi connectivity index (χ4n) is 3.32. The number of rotatable bonds is 6. The number of likely N-dealkylation sites (tertiary alicyclic amines) is 1. The second-order valence-electron chi connectivity index (χ2n) is 7.24. The van der Waals surface area contributed by atoms with Crippen LogP contribution in [0.1, 0.15) is 16.8 Å². The molecule has 1 fully saturated rings. The highest BCUT2D eigenvalue weighted by molar-refractivity contribution is 7.89.